The zero-order valence-electron chi connectivity index (χ0n) is 33.1. The van der Waals surface area contributed by atoms with E-state index in [2.05, 4.69) is 55.6 Å². The van der Waals surface area contributed by atoms with Gasteiger partial charge in [0.05, 0.1) is 25.4 Å². The first kappa shape index (κ1) is 49.7. The van der Waals surface area contributed by atoms with Crippen molar-refractivity contribution in [2.75, 3.05) is 19.8 Å². The van der Waals surface area contributed by atoms with E-state index in [9.17, 15) is 19.4 Å². The first-order valence-corrected chi connectivity index (χ1v) is 22.6. The van der Waals surface area contributed by atoms with Crippen LogP contribution in [0.5, 0.6) is 0 Å². The third kappa shape index (κ3) is 36.9. The number of nitrogens with two attached hydrogens (primary N) is 1. The maximum atomic E-state index is 12.8. The van der Waals surface area contributed by atoms with Crippen LogP contribution in [-0.4, -0.2) is 47.8 Å². The third-order valence-corrected chi connectivity index (χ3v) is 10.2. The minimum Gasteiger partial charge on any atom is -0.391 e. The van der Waals surface area contributed by atoms with E-state index < -0.39 is 20.0 Å². The van der Waals surface area contributed by atoms with Gasteiger partial charge in [-0.25, -0.2) is 4.57 Å². The van der Waals surface area contributed by atoms with Crippen LogP contribution in [0, 0.1) is 0 Å². The van der Waals surface area contributed by atoms with Gasteiger partial charge in [0.1, 0.15) is 0 Å². The number of hydrogen-bond acceptors (Lipinski definition) is 6. The lowest BCUT2D eigenvalue weighted by molar-refractivity contribution is -0.123. The number of phosphoric acid groups is 1. The summed E-state index contributed by atoms with van der Waals surface area (Å²) in [6.07, 6.45) is 44.3. The molecule has 0 radical (unpaired) electrons. The molecule has 3 unspecified atom stereocenters. The molecule has 8 nitrogen and oxygen atoms in total. The summed E-state index contributed by atoms with van der Waals surface area (Å²) in [6, 6.07) is -0.779. The second kappa shape index (κ2) is 38.4. The van der Waals surface area contributed by atoms with Gasteiger partial charge in [-0.3, -0.25) is 13.8 Å². The maximum absolute atomic E-state index is 12.8. The molecule has 0 aliphatic carbocycles. The topological polar surface area (TPSA) is 131 Å². The zero-order valence-corrected chi connectivity index (χ0v) is 34.0. The molecule has 300 valence electrons. The number of hydrogen-bond donors (Lipinski definition) is 4. The Morgan fingerprint density at radius 2 is 1.14 bits per heavy atom. The lowest BCUT2D eigenvalue weighted by atomic mass is 10.0. The zero-order chi connectivity index (χ0) is 37.5. The number of rotatable bonds is 39. The highest BCUT2D eigenvalue weighted by molar-refractivity contribution is 7.47. The molecule has 51 heavy (non-hydrogen) atoms. The summed E-state index contributed by atoms with van der Waals surface area (Å²) in [6.45, 7) is 4.09. The molecule has 0 saturated carbocycles. The standard InChI is InChI=1S/C42H81N2O6P/c1-3-5-7-9-11-13-15-17-19-20-22-24-26-28-30-32-34-36-42(46)44-40(39-50-51(47,48)49-38-37-43)41(45)35-33-31-29-27-25-23-21-18-16-14-12-10-8-6-4-2/h5,7,11,13,17,19,40-41,45H,3-4,6,8-10,12,14-16,18,20-39,43H2,1-2H3,(H,44,46)(H,47,48)/b7-5-,13-11-,19-17-. The van der Waals surface area contributed by atoms with Gasteiger partial charge in [-0.05, 0) is 44.9 Å². The van der Waals surface area contributed by atoms with Crippen LogP contribution in [0.1, 0.15) is 194 Å². The summed E-state index contributed by atoms with van der Waals surface area (Å²) in [7, 11) is -4.32. The Balaban J connectivity index is 4.19. The van der Waals surface area contributed by atoms with Gasteiger partial charge < -0.3 is 21.1 Å². The molecule has 3 atom stereocenters. The molecule has 0 aliphatic rings. The van der Waals surface area contributed by atoms with Gasteiger partial charge in [-0.15, -0.1) is 0 Å². The average molecular weight is 741 g/mol. The molecule has 5 N–H and O–H groups in total. The van der Waals surface area contributed by atoms with Gasteiger partial charge in [0.25, 0.3) is 0 Å². The number of allylic oxidation sites excluding steroid dienone is 6. The van der Waals surface area contributed by atoms with E-state index in [0.29, 0.717) is 12.8 Å². The normalized spacial score (nSPS) is 14.5. The van der Waals surface area contributed by atoms with Crippen molar-refractivity contribution in [1.82, 2.24) is 5.32 Å². The SMILES string of the molecule is CC/C=C\C/C=C\C/C=C\CCCCCCCCCC(=O)NC(COP(=O)(O)OCCN)C(O)CCCCCCCCCCCCCCCCC. The highest BCUT2D eigenvalue weighted by atomic mass is 31.2. The molecule has 0 aromatic rings. The van der Waals surface area contributed by atoms with Crippen molar-refractivity contribution in [1.29, 1.82) is 0 Å². The van der Waals surface area contributed by atoms with Gasteiger partial charge in [0.15, 0.2) is 0 Å². The van der Waals surface area contributed by atoms with E-state index in [1.807, 2.05) is 0 Å². The Kier molecular flexibility index (Phi) is 37.5. The van der Waals surface area contributed by atoms with Crippen LogP contribution < -0.4 is 11.1 Å². The van der Waals surface area contributed by atoms with Gasteiger partial charge in [-0.2, -0.15) is 0 Å². The van der Waals surface area contributed by atoms with E-state index in [1.54, 1.807) is 0 Å². The van der Waals surface area contributed by atoms with Crippen LogP contribution in [0.4, 0.5) is 0 Å². The first-order valence-electron chi connectivity index (χ1n) is 21.1. The van der Waals surface area contributed by atoms with E-state index in [1.165, 1.54) is 103 Å². The van der Waals surface area contributed by atoms with Crippen LogP contribution in [0.25, 0.3) is 0 Å². The third-order valence-electron chi connectivity index (χ3n) is 9.26. The van der Waals surface area contributed by atoms with Gasteiger partial charge in [0, 0.05) is 13.0 Å². The van der Waals surface area contributed by atoms with E-state index in [-0.39, 0.29) is 25.7 Å². The second-order valence-electron chi connectivity index (χ2n) is 14.2. The van der Waals surface area contributed by atoms with E-state index in [0.717, 1.165) is 64.2 Å². The Bertz CT molecular complexity index is 897. The van der Waals surface area contributed by atoms with Gasteiger partial charge >= 0.3 is 7.82 Å². The summed E-state index contributed by atoms with van der Waals surface area (Å²) >= 11 is 0. The molecule has 0 aliphatic heterocycles. The number of amides is 1. The van der Waals surface area contributed by atoms with Crippen LogP contribution in [-0.2, 0) is 18.4 Å². The molecule has 1 amide bonds. The largest absolute Gasteiger partial charge is 0.472 e. The van der Waals surface area contributed by atoms with Crippen molar-refractivity contribution in [2.24, 2.45) is 5.73 Å². The number of carbonyl (C=O) groups is 1. The van der Waals surface area contributed by atoms with E-state index in [4.69, 9.17) is 14.8 Å². The monoisotopic (exact) mass is 741 g/mol. The molecule has 0 saturated heterocycles. The predicted molar refractivity (Wildman–Crippen MR) is 217 cm³/mol. The van der Waals surface area contributed by atoms with Crippen LogP contribution in [0.2, 0.25) is 0 Å². The molecular formula is C42H81N2O6P. The highest BCUT2D eigenvalue weighted by Crippen LogP contribution is 2.43. The van der Waals surface area contributed by atoms with Gasteiger partial charge in [-0.1, -0.05) is 179 Å². The summed E-state index contributed by atoms with van der Waals surface area (Å²) in [5.74, 6) is -0.172. The van der Waals surface area contributed by atoms with Crippen molar-refractivity contribution in [2.45, 2.75) is 206 Å². The number of carbonyl (C=O) groups excluding carboxylic acids is 1. The first-order chi connectivity index (χ1) is 24.9. The molecule has 0 spiro atoms. The highest BCUT2D eigenvalue weighted by Gasteiger charge is 2.27. The van der Waals surface area contributed by atoms with Crippen molar-refractivity contribution in [3.05, 3.63) is 36.5 Å². The fourth-order valence-corrected chi connectivity index (χ4v) is 6.85. The Morgan fingerprint density at radius 1 is 0.667 bits per heavy atom. The predicted octanol–water partition coefficient (Wildman–Crippen LogP) is 11.6. The lowest BCUT2D eigenvalue weighted by Gasteiger charge is -2.25. The minimum atomic E-state index is -4.32. The number of phosphoric ester groups is 1. The Labute approximate surface area is 314 Å². The summed E-state index contributed by atoms with van der Waals surface area (Å²) in [5, 5.41) is 13.8. The van der Waals surface area contributed by atoms with Crippen LogP contribution >= 0.6 is 7.82 Å². The molecule has 0 heterocycles. The van der Waals surface area contributed by atoms with E-state index >= 15 is 0 Å². The van der Waals surface area contributed by atoms with Crippen molar-refractivity contribution >= 4 is 13.7 Å². The summed E-state index contributed by atoms with van der Waals surface area (Å²) < 4.78 is 22.2. The fraction of sp³-hybridized carbons (Fsp3) is 0.833. The van der Waals surface area contributed by atoms with Gasteiger partial charge in [0.2, 0.25) is 5.91 Å². The summed E-state index contributed by atoms with van der Waals surface area (Å²) in [4.78, 5) is 22.7. The van der Waals surface area contributed by atoms with Crippen LogP contribution in [0.15, 0.2) is 36.5 Å². The number of unbranched alkanes of at least 4 members (excludes halogenated alkanes) is 21. The lowest BCUT2D eigenvalue weighted by Crippen LogP contribution is -2.46. The number of aliphatic hydroxyl groups is 1. The molecule has 0 rings (SSSR count). The molecule has 0 bridgehead atoms. The van der Waals surface area contributed by atoms with Crippen LogP contribution in [0.3, 0.4) is 0 Å². The fourth-order valence-electron chi connectivity index (χ4n) is 6.09. The Hall–Kier alpha value is -1.28. The Morgan fingerprint density at radius 3 is 1.67 bits per heavy atom. The molecule has 0 aromatic carbocycles. The minimum absolute atomic E-state index is 0.0864. The number of aliphatic hydroxyl groups excluding tert-OH is 1. The molecule has 0 fully saturated rings. The van der Waals surface area contributed by atoms with Crippen molar-refractivity contribution < 1.29 is 28.4 Å². The quantitative estimate of drug-likeness (QED) is 0.0280. The smallest absolute Gasteiger partial charge is 0.391 e. The molecule has 0 aromatic heterocycles. The average Bonchev–Trinajstić information content (AvgIpc) is 3.12. The summed E-state index contributed by atoms with van der Waals surface area (Å²) in [5.41, 5.74) is 5.37. The maximum Gasteiger partial charge on any atom is 0.472 e. The molecule has 9 heteroatoms. The van der Waals surface area contributed by atoms with Crippen molar-refractivity contribution in [3.63, 3.8) is 0 Å². The second-order valence-corrected chi connectivity index (χ2v) is 15.6. The van der Waals surface area contributed by atoms with Crippen molar-refractivity contribution in [3.8, 4) is 0 Å². The number of nitrogens with one attached hydrogen (secondary N) is 1. The molecular weight excluding hydrogens is 659 g/mol.